The lowest BCUT2D eigenvalue weighted by Crippen LogP contribution is -2.83. The highest BCUT2D eigenvalue weighted by atomic mass is 79.9. The summed E-state index contributed by atoms with van der Waals surface area (Å²) >= 11 is 3.51. The van der Waals surface area contributed by atoms with Crippen molar-refractivity contribution in [1.29, 1.82) is 0 Å². The number of quaternary nitrogens is 1. The van der Waals surface area contributed by atoms with Crippen LogP contribution in [0.3, 0.4) is 0 Å². The third kappa shape index (κ3) is 4.88. The highest BCUT2D eigenvalue weighted by Gasteiger charge is 2.07. The Balaban J connectivity index is 1.89. The molecule has 124 valence electrons. The van der Waals surface area contributed by atoms with Crippen LogP contribution in [0.25, 0.3) is 0 Å². The molecule has 0 radical (unpaired) electrons. The normalized spacial score (nSPS) is 10.4. The van der Waals surface area contributed by atoms with Gasteiger partial charge >= 0.3 is 0 Å². The van der Waals surface area contributed by atoms with Crippen LogP contribution in [-0.4, -0.2) is 27.9 Å². The maximum absolute atomic E-state index is 5.40. The van der Waals surface area contributed by atoms with E-state index in [9.17, 15) is 0 Å². The Kier molecular flexibility index (Phi) is 6.74. The molecule has 0 saturated heterocycles. The molecule has 0 atom stereocenters. The molecule has 0 unspecified atom stereocenters. The number of hydrogen-bond donors (Lipinski definition) is 1. The average molecular weight is 381 g/mol. The van der Waals surface area contributed by atoms with Gasteiger partial charge in [-0.2, -0.15) is 0 Å². The summed E-state index contributed by atoms with van der Waals surface area (Å²) in [6, 6.07) is 12.1. The van der Waals surface area contributed by atoms with E-state index in [-0.39, 0.29) is 0 Å². The van der Waals surface area contributed by atoms with Gasteiger partial charge in [-0.3, -0.25) is 0 Å². The van der Waals surface area contributed by atoms with Crippen LogP contribution in [0, 0.1) is 0 Å². The van der Waals surface area contributed by atoms with Gasteiger partial charge in [0.15, 0.2) is 11.5 Å². The van der Waals surface area contributed by atoms with Crippen molar-refractivity contribution in [3.63, 3.8) is 0 Å². The fourth-order valence-electron chi connectivity index (χ4n) is 2.47. The zero-order valence-corrected chi connectivity index (χ0v) is 15.4. The molecule has 2 aromatic rings. The topological polar surface area (TPSA) is 44.3 Å². The van der Waals surface area contributed by atoms with Gasteiger partial charge in [-0.25, -0.2) is 0 Å². The van der Waals surface area contributed by atoms with E-state index < -0.39 is 0 Å². The van der Waals surface area contributed by atoms with Crippen molar-refractivity contribution in [3.05, 3.63) is 52.0 Å². The Hall–Kier alpha value is -1.72. The molecule has 23 heavy (non-hydrogen) atoms. The Morgan fingerprint density at radius 2 is 1.57 bits per heavy atom. The van der Waals surface area contributed by atoms with Gasteiger partial charge in [-0.05, 0) is 35.9 Å². The van der Waals surface area contributed by atoms with Crippen LogP contribution in [0.4, 0.5) is 0 Å². The van der Waals surface area contributed by atoms with E-state index in [2.05, 4.69) is 33.4 Å². The number of rotatable bonds is 8. The number of ether oxygens (including phenoxy) is 3. The third-order valence-corrected chi connectivity index (χ3v) is 4.19. The van der Waals surface area contributed by atoms with Crippen molar-refractivity contribution in [2.24, 2.45) is 0 Å². The van der Waals surface area contributed by atoms with Gasteiger partial charge in [0.1, 0.15) is 12.3 Å². The predicted molar refractivity (Wildman–Crippen MR) is 94.4 cm³/mol. The fourth-order valence-corrected chi connectivity index (χ4v) is 2.88. The Bertz CT molecular complexity index is 646. The monoisotopic (exact) mass is 380 g/mol. The van der Waals surface area contributed by atoms with Crippen molar-refractivity contribution < 1.29 is 19.5 Å². The summed E-state index contributed by atoms with van der Waals surface area (Å²) in [5.74, 6) is 2.47. The minimum absolute atomic E-state index is 0.763. The highest BCUT2D eigenvalue weighted by Crippen LogP contribution is 2.27. The molecule has 0 spiro atoms. The first-order valence-electron chi connectivity index (χ1n) is 7.53. The number of methoxy groups -OCH3 is 3. The van der Waals surface area contributed by atoms with E-state index in [1.54, 1.807) is 21.3 Å². The van der Waals surface area contributed by atoms with E-state index in [4.69, 9.17) is 14.2 Å². The molecule has 4 nitrogen and oxygen atoms in total. The van der Waals surface area contributed by atoms with E-state index in [1.807, 2.05) is 24.3 Å². The Morgan fingerprint density at radius 1 is 0.870 bits per heavy atom. The second-order valence-electron chi connectivity index (χ2n) is 5.18. The van der Waals surface area contributed by atoms with Crippen molar-refractivity contribution in [1.82, 2.24) is 0 Å². The van der Waals surface area contributed by atoms with Gasteiger partial charge in [-0.1, -0.05) is 22.0 Å². The maximum atomic E-state index is 5.40. The van der Waals surface area contributed by atoms with Gasteiger partial charge in [-0.15, -0.1) is 0 Å². The van der Waals surface area contributed by atoms with Crippen LogP contribution < -0.4 is 19.5 Å². The van der Waals surface area contributed by atoms with E-state index in [1.165, 1.54) is 11.1 Å². The first-order valence-corrected chi connectivity index (χ1v) is 8.32. The standard InChI is InChI=1S/C18H22BrNO3/c1-21-16-7-5-15(19)11-14(16)12-20-9-8-13-4-6-17(22-2)18(10-13)23-3/h4-7,10-11,20H,8-9,12H2,1-3H3/p+1. The van der Waals surface area contributed by atoms with Crippen LogP contribution in [0.2, 0.25) is 0 Å². The molecule has 0 aromatic heterocycles. The summed E-state index contributed by atoms with van der Waals surface area (Å²) in [7, 11) is 5.01. The zero-order chi connectivity index (χ0) is 16.7. The zero-order valence-electron chi connectivity index (χ0n) is 13.8. The highest BCUT2D eigenvalue weighted by molar-refractivity contribution is 9.10. The number of benzene rings is 2. The minimum Gasteiger partial charge on any atom is -0.496 e. The SMILES string of the molecule is COc1ccc(Br)cc1C[NH2+]CCc1ccc(OC)c(OC)c1. The van der Waals surface area contributed by atoms with Crippen LogP contribution in [-0.2, 0) is 13.0 Å². The predicted octanol–water partition coefficient (Wildman–Crippen LogP) is 2.78. The van der Waals surface area contributed by atoms with Crippen molar-refractivity contribution in [2.75, 3.05) is 27.9 Å². The lowest BCUT2D eigenvalue weighted by atomic mass is 10.1. The van der Waals surface area contributed by atoms with Crippen molar-refractivity contribution >= 4 is 15.9 Å². The summed E-state index contributed by atoms with van der Waals surface area (Å²) in [4.78, 5) is 0. The quantitative estimate of drug-likeness (QED) is 0.716. The summed E-state index contributed by atoms with van der Waals surface area (Å²) in [5.41, 5.74) is 2.43. The average Bonchev–Trinajstić information content (AvgIpc) is 2.58. The second kappa shape index (κ2) is 8.79. The van der Waals surface area contributed by atoms with Crippen LogP contribution in [0.1, 0.15) is 11.1 Å². The maximum Gasteiger partial charge on any atom is 0.160 e. The molecule has 0 aliphatic rings. The van der Waals surface area contributed by atoms with Gasteiger partial charge in [0, 0.05) is 16.5 Å². The number of nitrogens with two attached hydrogens (primary N) is 1. The molecular formula is C18H23BrNO3+. The molecule has 0 aliphatic heterocycles. The van der Waals surface area contributed by atoms with Gasteiger partial charge in [0.05, 0.1) is 27.9 Å². The van der Waals surface area contributed by atoms with E-state index >= 15 is 0 Å². The molecule has 5 heteroatoms. The number of halogens is 1. The van der Waals surface area contributed by atoms with Crippen molar-refractivity contribution in [3.8, 4) is 17.2 Å². The smallest absolute Gasteiger partial charge is 0.160 e. The lowest BCUT2D eigenvalue weighted by molar-refractivity contribution is -0.670. The van der Waals surface area contributed by atoms with Crippen LogP contribution >= 0.6 is 15.9 Å². The molecule has 0 bridgehead atoms. The molecule has 0 heterocycles. The third-order valence-electron chi connectivity index (χ3n) is 3.69. The summed E-state index contributed by atoms with van der Waals surface area (Å²) in [5, 5.41) is 2.28. The molecule has 2 aromatic carbocycles. The molecule has 0 fully saturated rings. The molecule has 2 N–H and O–H groups in total. The van der Waals surface area contributed by atoms with Gasteiger partial charge in [0.25, 0.3) is 0 Å². The first-order chi connectivity index (χ1) is 11.2. The molecule has 0 amide bonds. The van der Waals surface area contributed by atoms with E-state index in [0.29, 0.717) is 0 Å². The fraction of sp³-hybridized carbons (Fsp3) is 0.333. The minimum atomic E-state index is 0.763. The Labute approximate surface area is 145 Å². The summed E-state index contributed by atoms with van der Waals surface area (Å²) in [6.07, 6.45) is 0.969. The van der Waals surface area contributed by atoms with Crippen molar-refractivity contribution in [2.45, 2.75) is 13.0 Å². The van der Waals surface area contributed by atoms with Crippen LogP contribution in [0.5, 0.6) is 17.2 Å². The molecule has 0 aliphatic carbocycles. The molecule has 0 saturated carbocycles. The number of hydrogen-bond acceptors (Lipinski definition) is 3. The largest absolute Gasteiger partial charge is 0.496 e. The molecular weight excluding hydrogens is 358 g/mol. The van der Waals surface area contributed by atoms with Crippen LogP contribution in [0.15, 0.2) is 40.9 Å². The lowest BCUT2D eigenvalue weighted by Gasteiger charge is -2.10. The first kappa shape index (κ1) is 17.6. The Morgan fingerprint density at radius 3 is 2.26 bits per heavy atom. The van der Waals surface area contributed by atoms with Gasteiger partial charge < -0.3 is 19.5 Å². The summed E-state index contributed by atoms with van der Waals surface area (Å²) in [6.45, 7) is 1.88. The molecule has 2 rings (SSSR count). The second-order valence-corrected chi connectivity index (χ2v) is 6.09. The summed E-state index contributed by atoms with van der Waals surface area (Å²) < 4.78 is 17.1. The van der Waals surface area contributed by atoms with Gasteiger partial charge in [0.2, 0.25) is 0 Å². The van der Waals surface area contributed by atoms with E-state index in [0.717, 1.165) is 41.2 Å².